The number of methoxy groups -OCH3 is 1. The number of aromatic nitrogens is 1. The lowest BCUT2D eigenvalue weighted by Crippen LogP contribution is -2.41. The third kappa shape index (κ3) is 6.45. The van der Waals surface area contributed by atoms with Crippen LogP contribution in [0, 0.1) is 0 Å². The zero-order valence-electron chi connectivity index (χ0n) is 16.0. The Balaban J connectivity index is 2.00. The molecule has 2 atom stereocenters. The Bertz CT molecular complexity index is 728. The fraction of sp³-hybridized carbons (Fsp3) is 0.400. The molecular weight excluding hydrogens is 362 g/mol. The SMILES string of the molecule is COc1cc(C(C)NC(=O)C(N)CCSC)ccc1OCc1ccncc1. The highest BCUT2D eigenvalue weighted by atomic mass is 32.2. The number of rotatable bonds is 10. The highest BCUT2D eigenvalue weighted by Gasteiger charge is 2.17. The van der Waals surface area contributed by atoms with E-state index in [9.17, 15) is 4.79 Å². The molecule has 0 saturated carbocycles. The van der Waals surface area contributed by atoms with Crippen LogP contribution in [0.15, 0.2) is 42.7 Å². The van der Waals surface area contributed by atoms with Gasteiger partial charge in [0.05, 0.1) is 19.2 Å². The third-order valence-corrected chi connectivity index (χ3v) is 4.80. The van der Waals surface area contributed by atoms with Crippen LogP contribution in [0.3, 0.4) is 0 Å². The van der Waals surface area contributed by atoms with E-state index in [4.69, 9.17) is 15.2 Å². The van der Waals surface area contributed by atoms with Gasteiger partial charge in [-0.2, -0.15) is 11.8 Å². The number of amides is 1. The van der Waals surface area contributed by atoms with Crippen molar-refractivity contribution in [3.05, 3.63) is 53.9 Å². The minimum Gasteiger partial charge on any atom is -0.493 e. The molecule has 0 spiro atoms. The van der Waals surface area contributed by atoms with Crippen molar-refractivity contribution in [2.75, 3.05) is 19.1 Å². The average molecular weight is 390 g/mol. The number of hydrogen-bond donors (Lipinski definition) is 2. The van der Waals surface area contributed by atoms with E-state index in [1.807, 2.05) is 43.5 Å². The molecule has 0 aliphatic rings. The van der Waals surface area contributed by atoms with Gasteiger partial charge >= 0.3 is 0 Å². The lowest BCUT2D eigenvalue weighted by Gasteiger charge is -2.19. The van der Waals surface area contributed by atoms with Crippen LogP contribution >= 0.6 is 11.8 Å². The molecule has 0 saturated heterocycles. The van der Waals surface area contributed by atoms with Crippen molar-refractivity contribution in [2.24, 2.45) is 5.73 Å². The van der Waals surface area contributed by atoms with Gasteiger partial charge in [0.2, 0.25) is 5.91 Å². The molecule has 0 aliphatic heterocycles. The molecule has 1 amide bonds. The normalized spacial score (nSPS) is 12.9. The summed E-state index contributed by atoms with van der Waals surface area (Å²) in [6.07, 6.45) is 6.11. The van der Waals surface area contributed by atoms with Gasteiger partial charge in [0, 0.05) is 12.4 Å². The van der Waals surface area contributed by atoms with Crippen LogP contribution < -0.4 is 20.5 Å². The van der Waals surface area contributed by atoms with Crippen molar-refractivity contribution in [2.45, 2.75) is 32.0 Å². The first kappa shape index (κ1) is 21.1. The van der Waals surface area contributed by atoms with E-state index < -0.39 is 6.04 Å². The molecule has 0 aliphatic carbocycles. The van der Waals surface area contributed by atoms with Gasteiger partial charge in [-0.15, -0.1) is 0 Å². The monoisotopic (exact) mass is 389 g/mol. The fourth-order valence-corrected chi connectivity index (χ4v) is 2.98. The van der Waals surface area contributed by atoms with Crippen molar-refractivity contribution in [3.8, 4) is 11.5 Å². The average Bonchev–Trinajstić information content (AvgIpc) is 2.70. The number of carbonyl (C=O) groups is 1. The Morgan fingerprint density at radius 2 is 2.00 bits per heavy atom. The van der Waals surface area contributed by atoms with Gasteiger partial charge in [0.1, 0.15) is 6.61 Å². The zero-order valence-corrected chi connectivity index (χ0v) is 16.8. The maximum atomic E-state index is 12.2. The number of ether oxygens (including phenoxy) is 2. The molecule has 6 nitrogen and oxygen atoms in total. The third-order valence-electron chi connectivity index (χ3n) is 4.16. The van der Waals surface area contributed by atoms with E-state index in [-0.39, 0.29) is 11.9 Å². The molecule has 2 rings (SSSR count). The van der Waals surface area contributed by atoms with Crippen molar-refractivity contribution in [1.82, 2.24) is 10.3 Å². The minimum atomic E-state index is -0.496. The lowest BCUT2D eigenvalue weighted by molar-refractivity contribution is -0.123. The van der Waals surface area contributed by atoms with Crippen LogP contribution in [0.1, 0.15) is 30.5 Å². The number of benzene rings is 1. The summed E-state index contributed by atoms with van der Waals surface area (Å²) in [5.41, 5.74) is 7.88. The molecule has 0 radical (unpaired) electrons. The molecular formula is C20H27N3O3S. The number of nitrogens with one attached hydrogen (secondary N) is 1. The Labute approximate surface area is 164 Å². The van der Waals surface area contributed by atoms with Gasteiger partial charge in [0.25, 0.3) is 0 Å². The van der Waals surface area contributed by atoms with E-state index in [0.717, 1.165) is 16.9 Å². The molecule has 3 N–H and O–H groups in total. The minimum absolute atomic E-state index is 0.145. The van der Waals surface area contributed by atoms with Crippen molar-refractivity contribution >= 4 is 17.7 Å². The summed E-state index contributed by atoms with van der Waals surface area (Å²) < 4.78 is 11.3. The smallest absolute Gasteiger partial charge is 0.237 e. The first-order valence-corrected chi connectivity index (χ1v) is 10.2. The Morgan fingerprint density at radius 3 is 2.67 bits per heavy atom. The van der Waals surface area contributed by atoms with E-state index >= 15 is 0 Å². The van der Waals surface area contributed by atoms with E-state index in [2.05, 4.69) is 10.3 Å². The van der Waals surface area contributed by atoms with E-state index in [0.29, 0.717) is 24.5 Å². The number of hydrogen-bond acceptors (Lipinski definition) is 6. The quantitative estimate of drug-likeness (QED) is 0.650. The summed E-state index contributed by atoms with van der Waals surface area (Å²) in [5, 5.41) is 2.96. The number of nitrogens with zero attached hydrogens (tertiary/aromatic N) is 1. The number of pyridine rings is 1. The highest BCUT2D eigenvalue weighted by Crippen LogP contribution is 2.31. The highest BCUT2D eigenvalue weighted by molar-refractivity contribution is 7.98. The van der Waals surface area contributed by atoms with Gasteiger partial charge in [0.15, 0.2) is 11.5 Å². The summed E-state index contributed by atoms with van der Waals surface area (Å²) >= 11 is 1.68. The van der Waals surface area contributed by atoms with Crippen LogP contribution in [0.5, 0.6) is 11.5 Å². The van der Waals surface area contributed by atoms with Gasteiger partial charge in [-0.1, -0.05) is 6.07 Å². The summed E-state index contributed by atoms with van der Waals surface area (Å²) in [7, 11) is 1.60. The second-order valence-electron chi connectivity index (χ2n) is 6.17. The predicted octanol–water partition coefficient (Wildman–Crippen LogP) is 2.93. The van der Waals surface area contributed by atoms with E-state index in [1.165, 1.54) is 0 Å². The molecule has 2 aromatic rings. The Hall–Kier alpha value is -2.25. The van der Waals surface area contributed by atoms with Crippen molar-refractivity contribution in [1.29, 1.82) is 0 Å². The Morgan fingerprint density at radius 1 is 1.26 bits per heavy atom. The maximum absolute atomic E-state index is 12.2. The Kier molecular flexibility index (Phi) is 8.42. The fourth-order valence-electron chi connectivity index (χ4n) is 2.49. The zero-order chi connectivity index (χ0) is 19.6. The van der Waals surface area contributed by atoms with Crippen LogP contribution in [-0.2, 0) is 11.4 Å². The topological polar surface area (TPSA) is 86.5 Å². The molecule has 2 unspecified atom stereocenters. The summed E-state index contributed by atoms with van der Waals surface area (Å²) in [4.78, 5) is 16.2. The standard InChI is InChI=1S/C20H27N3O3S/c1-14(23-20(24)17(21)8-11-27-3)16-4-5-18(19(12-16)25-2)26-13-15-6-9-22-10-7-15/h4-7,9-10,12,14,17H,8,11,13,21H2,1-3H3,(H,23,24). The summed E-state index contributed by atoms with van der Waals surface area (Å²) in [6.45, 7) is 2.35. The molecule has 7 heteroatoms. The molecule has 1 aromatic heterocycles. The predicted molar refractivity (Wildman–Crippen MR) is 109 cm³/mol. The van der Waals surface area contributed by atoms with Crippen molar-refractivity contribution < 1.29 is 14.3 Å². The molecule has 0 fully saturated rings. The van der Waals surface area contributed by atoms with Gasteiger partial charge < -0.3 is 20.5 Å². The summed E-state index contributed by atoms with van der Waals surface area (Å²) in [5.74, 6) is 1.98. The van der Waals surface area contributed by atoms with Crippen LogP contribution in [0.2, 0.25) is 0 Å². The molecule has 27 heavy (non-hydrogen) atoms. The first-order chi connectivity index (χ1) is 13.0. The largest absolute Gasteiger partial charge is 0.493 e. The van der Waals surface area contributed by atoms with Crippen LogP contribution in [0.25, 0.3) is 0 Å². The molecule has 1 heterocycles. The van der Waals surface area contributed by atoms with Gasteiger partial charge in [-0.05, 0) is 60.7 Å². The van der Waals surface area contributed by atoms with E-state index in [1.54, 1.807) is 31.3 Å². The summed E-state index contributed by atoms with van der Waals surface area (Å²) in [6, 6.07) is 8.78. The van der Waals surface area contributed by atoms with Crippen LogP contribution in [0.4, 0.5) is 0 Å². The maximum Gasteiger partial charge on any atom is 0.237 e. The number of carbonyl (C=O) groups excluding carboxylic acids is 1. The second-order valence-corrected chi connectivity index (χ2v) is 7.16. The molecule has 146 valence electrons. The molecule has 0 bridgehead atoms. The van der Waals surface area contributed by atoms with Crippen molar-refractivity contribution in [3.63, 3.8) is 0 Å². The lowest BCUT2D eigenvalue weighted by atomic mass is 10.1. The number of nitrogens with two attached hydrogens (primary N) is 1. The van der Waals surface area contributed by atoms with Gasteiger partial charge in [-0.25, -0.2) is 0 Å². The molecule has 1 aromatic carbocycles. The van der Waals surface area contributed by atoms with Gasteiger partial charge in [-0.3, -0.25) is 9.78 Å². The second kappa shape index (κ2) is 10.8. The number of thioether (sulfide) groups is 1. The van der Waals surface area contributed by atoms with Crippen LogP contribution in [-0.4, -0.2) is 36.1 Å². The first-order valence-electron chi connectivity index (χ1n) is 8.79.